The molecule has 1 unspecified atom stereocenters. The number of amides is 1. The number of aromatic nitrogens is 4. The number of rotatable bonds is 6. The van der Waals surface area contributed by atoms with Crippen LogP contribution in [0.25, 0.3) is 28.2 Å². The molecule has 5 rings (SSSR count). The Kier molecular flexibility index (Phi) is 7.17. The van der Waals surface area contributed by atoms with Gasteiger partial charge in [-0.2, -0.15) is 0 Å². The van der Waals surface area contributed by atoms with Crippen molar-refractivity contribution in [3.05, 3.63) is 79.4 Å². The van der Waals surface area contributed by atoms with E-state index in [2.05, 4.69) is 0 Å². The fourth-order valence-corrected chi connectivity index (χ4v) is 6.82. The van der Waals surface area contributed by atoms with Crippen LogP contribution in [0.3, 0.4) is 0 Å². The van der Waals surface area contributed by atoms with Gasteiger partial charge in [0.05, 0.1) is 16.5 Å². The molecule has 39 heavy (non-hydrogen) atoms. The van der Waals surface area contributed by atoms with Crippen LogP contribution in [0.15, 0.2) is 58.1 Å². The number of halogens is 2. The standard InChI is InChI=1S/C26H25Cl2N5O5S/c1-15(22(29)34)32-25(35)21-24(31(26(32)36)14-16-10-12-39(37,38)13-11-16)30-23(19-4-2-3-5-20(19)28)33(21)18-8-6-17(27)7-9-18/h2-9,15-16H,10-14H2,1H3,(H2,29,34). The van der Waals surface area contributed by atoms with Gasteiger partial charge in [-0.3, -0.25) is 18.7 Å². The summed E-state index contributed by atoms with van der Waals surface area (Å²) in [6, 6.07) is 12.4. The number of imidazole rings is 1. The maximum Gasteiger partial charge on any atom is 0.333 e. The number of nitrogens with two attached hydrogens (primary N) is 1. The molecule has 1 atom stereocenters. The molecule has 2 aromatic carbocycles. The molecular weight excluding hydrogens is 565 g/mol. The van der Waals surface area contributed by atoms with E-state index in [1.54, 1.807) is 53.1 Å². The number of carbonyl (C=O) groups excluding carboxylic acids is 1. The minimum Gasteiger partial charge on any atom is -0.368 e. The molecule has 3 heterocycles. The highest BCUT2D eigenvalue weighted by Gasteiger charge is 2.30. The maximum atomic E-state index is 14.0. The van der Waals surface area contributed by atoms with Gasteiger partial charge in [0, 0.05) is 22.8 Å². The van der Waals surface area contributed by atoms with Crippen molar-refractivity contribution in [1.82, 2.24) is 18.7 Å². The predicted molar refractivity (Wildman–Crippen MR) is 150 cm³/mol. The topological polar surface area (TPSA) is 139 Å². The zero-order chi connectivity index (χ0) is 28.1. The number of sulfone groups is 1. The Morgan fingerprint density at radius 2 is 1.72 bits per heavy atom. The Labute approximate surface area is 233 Å². The summed E-state index contributed by atoms with van der Waals surface area (Å²) in [5, 5.41) is 0.853. The Balaban J connectivity index is 1.87. The van der Waals surface area contributed by atoms with Crippen molar-refractivity contribution in [2.45, 2.75) is 32.4 Å². The van der Waals surface area contributed by atoms with Crippen molar-refractivity contribution in [2.75, 3.05) is 11.5 Å². The van der Waals surface area contributed by atoms with Gasteiger partial charge in [0.1, 0.15) is 21.7 Å². The molecule has 0 radical (unpaired) electrons. The molecule has 0 spiro atoms. The van der Waals surface area contributed by atoms with Crippen LogP contribution >= 0.6 is 23.2 Å². The second kappa shape index (κ2) is 10.3. The van der Waals surface area contributed by atoms with E-state index in [1.165, 1.54) is 11.5 Å². The lowest BCUT2D eigenvalue weighted by atomic mass is 10.0. The van der Waals surface area contributed by atoms with Crippen LogP contribution in [0.4, 0.5) is 0 Å². The van der Waals surface area contributed by atoms with Crippen molar-refractivity contribution in [3.8, 4) is 17.1 Å². The van der Waals surface area contributed by atoms with Crippen LogP contribution < -0.4 is 17.0 Å². The van der Waals surface area contributed by atoms with Crippen molar-refractivity contribution >= 4 is 50.1 Å². The Morgan fingerprint density at radius 3 is 2.33 bits per heavy atom. The summed E-state index contributed by atoms with van der Waals surface area (Å²) in [5.41, 5.74) is 5.21. The third-order valence-electron chi connectivity index (χ3n) is 7.09. The van der Waals surface area contributed by atoms with Gasteiger partial charge in [-0.25, -0.2) is 22.8 Å². The second-order valence-electron chi connectivity index (χ2n) is 9.64. The molecule has 1 saturated heterocycles. The van der Waals surface area contributed by atoms with E-state index in [4.69, 9.17) is 33.9 Å². The second-order valence-corrected chi connectivity index (χ2v) is 12.8. The Morgan fingerprint density at radius 1 is 1.08 bits per heavy atom. The summed E-state index contributed by atoms with van der Waals surface area (Å²) in [5.74, 6) is -0.686. The van der Waals surface area contributed by atoms with Crippen molar-refractivity contribution in [1.29, 1.82) is 0 Å². The Hall–Kier alpha value is -3.41. The predicted octanol–water partition coefficient (Wildman–Crippen LogP) is 3.19. The molecule has 1 amide bonds. The molecule has 204 valence electrons. The molecule has 2 aromatic heterocycles. The molecule has 10 nitrogen and oxygen atoms in total. The summed E-state index contributed by atoms with van der Waals surface area (Å²) in [6.45, 7) is 1.49. The molecule has 0 aliphatic carbocycles. The smallest absolute Gasteiger partial charge is 0.333 e. The molecule has 1 aliphatic heterocycles. The summed E-state index contributed by atoms with van der Waals surface area (Å²) in [4.78, 5) is 44.7. The maximum absolute atomic E-state index is 14.0. The van der Waals surface area contributed by atoms with Gasteiger partial charge in [0.15, 0.2) is 11.2 Å². The van der Waals surface area contributed by atoms with E-state index < -0.39 is 33.0 Å². The molecular formula is C26H25Cl2N5O5S. The fourth-order valence-electron chi connectivity index (χ4n) is 4.89. The van der Waals surface area contributed by atoms with Crippen molar-refractivity contribution in [3.63, 3.8) is 0 Å². The molecule has 13 heteroatoms. The molecule has 0 bridgehead atoms. The number of benzene rings is 2. The first-order valence-corrected chi connectivity index (χ1v) is 14.8. The highest BCUT2D eigenvalue weighted by atomic mass is 35.5. The van der Waals surface area contributed by atoms with Crippen LogP contribution in [0.5, 0.6) is 0 Å². The van der Waals surface area contributed by atoms with E-state index in [1.807, 2.05) is 0 Å². The SMILES string of the molecule is CC(C(N)=O)n1c(=O)c2c(nc(-c3ccccc3Cl)n2-c2ccc(Cl)cc2)n(CC2CCS(=O)(=O)CC2)c1=O. The normalized spacial score (nSPS) is 16.4. The van der Waals surface area contributed by atoms with Gasteiger partial charge >= 0.3 is 5.69 Å². The number of primary amides is 1. The van der Waals surface area contributed by atoms with E-state index in [0.29, 0.717) is 40.0 Å². The fraction of sp³-hybridized carbons (Fsp3) is 0.308. The summed E-state index contributed by atoms with van der Waals surface area (Å²) < 4.78 is 27.8. The molecule has 1 fully saturated rings. The minimum absolute atomic E-state index is 0.0109. The number of hydrogen-bond acceptors (Lipinski definition) is 6. The van der Waals surface area contributed by atoms with Crippen LogP contribution in [0.1, 0.15) is 25.8 Å². The van der Waals surface area contributed by atoms with Crippen LogP contribution in [-0.4, -0.2) is 44.5 Å². The van der Waals surface area contributed by atoms with E-state index >= 15 is 0 Å². The van der Waals surface area contributed by atoms with E-state index in [0.717, 1.165) is 4.57 Å². The van der Waals surface area contributed by atoms with E-state index in [9.17, 15) is 22.8 Å². The largest absolute Gasteiger partial charge is 0.368 e. The van der Waals surface area contributed by atoms with Gasteiger partial charge in [-0.05, 0) is 62.1 Å². The van der Waals surface area contributed by atoms with Gasteiger partial charge < -0.3 is 5.73 Å². The lowest BCUT2D eigenvalue weighted by molar-refractivity contribution is -0.120. The monoisotopic (exact) mass is 589 g/mol. The zero-order valence-electron chi connectivity index (χ0n) is 20.9. The Bertz CT molecular complexity index is 1810. The minimum atomic E-state index is -3.13. The average Bonchev–Trinajstić information content (AvgIpc) is 3.28. The molecule has 1 aliphatic rings. The first kappa shape index (κ1) is 27.2. The summed E-state index contributed by atoms with van der Waals surface area (Å²) in [6.07, 6.45) is 0.714. The number of fused-ring (bicyclic) bond motifs is 1. The highest BCUT2D eigenvalue weighted by Crippen LogP contribution is 2.32. The van der Waals surface area contributed by atoms with Crippen molar-refractivity contribution < 1.29 is 13.2 Å². The first-order chi connectivity index (χ1) is 18.5. The lowest BCUT2D eigenvalue weighted by Gasteiger charge is -2.23. The van der Waals surface area contributed by atoms with Gasteiger partial charge in [0.2, 0.25) is 5.91 Å². The molecule has 0 saturated carbocycles. The molecule has 2 N–H and O–H groups in total. The number of carbonyl (C=O) groups is 1. The van der Waals surface area contributed by atoms with Gasteiger partial charge in [-0.15, -0.1) is 0 Å². The summed E-state index contributed by atoms with van der Waals surface area (Å²) in [7, 11) is -3.13. The van der Waals surface area contributed by atoms with Gasteiger partial charge in [0.25, 0.3) is 5.56 Å². The number of hydrogen-bond donors (Lipinski definition) is 1. The average molecular weight is 590 g/mol. The third-order valence-corrected chi connectivity index (χ3v) is 9.38. The third kappa shape index (κ3) is 5.02. The van der Waals surface area contributed by atoms with Crippen molar-refractivity contribution in [2.24, 2.45) is 11.7 Å². The quantitative estimate of drug-likeness (QED) is 0.366. The number of nitrogens with zero attached hydrogens (tertiary/aromatic N) is 4. The first-order valence-electron chi connectivity index (χ1n) is 12.3. The van der Waals surface area contributed by atoms with Crippen LogP contribution in [0, 0.1) is 5.92 Å². The summed E-state index contributed by atoms with van der Waals surface area (Å²) >= 11 is 12.7. The molecule has 4 aromatic rings. The van der Waals surface area contributed by atoms with E-state index in [-0.39, 0.29) is 35.1 Å². The zero-order valence-corrected chi connectivity index (χ0v) is 23.2. The van der Waals surface area contributed by atoms with Crippen LogP contribution in [0.2, 0.25) is 10.0 Å². The van der Waals surface area contributed by atoms with Gasteiger partial charge in [-0.1, -0.05) is 35.3 Å². The van der Waals surface area contributed by atoms with Crippen LogP contribution in [-0.2, 0) is 21.2 Å². The highest BCUT2D eigenvalue weighted by molar-refractivity contribution is 7.91. The lowest BCUT2D eigenvalue weighted by Crippen LogP contribution is -2.46.